The van der Waals surface area contributed by atoms with Crippen molar-refractivity contribution < 1.29 is 32.3 Å². The Labute approximate surface area is 350 Å². The topological polar surface area (TPSA) is 158 Å². The molecule has 15 nitrogen and oxygen atoms in total. The van der Waals surface area contributed by atoms with Gasteiger partial charge in [-0.15, -0.1) is 0 Å². The van der Waals surface area contributed by atoms with Crippen LogP contribution in [-0.2, 0) is 19.7 Å². The van der Waals surface area contributed by atoms with Crippen LogP contribution in [0.3, 0.4) is 0 Å². The molecule has 19 heteroatoms. The number of H-pyrrole nitrogens is 1. The minimum atomic E-state index is -2.83. The molecule has 2 aliphatic rings. The molecular formula is C43H42F4N10O5. The molecule has 5 aromatic heterocycles. The van der Waals surface area contributed by atoms with Gasteiger partial charge in [0.25, 0.3) is 23.7 Å². The average Bonchev–Trinajstić information content (AvgIpc) is 3.94. The number of hydrogen-bond acceptors (Lipinski definition) is 8. The molecular weight excluding hydrogens is 813 g/mol. The second kappa shape index (κ2) is 15.0. The van der Waals surface area contributed by atoms with E-state index in [9.17, 15) is 41.8 Å². The Kier molecular flexibility index (Phi) is 9.83. The summed E-state index contributed by atoms with van der Waals surface area (Å²) < 4.78 is 60.9. The van der Waals surface area contributed by atoms with E-state index >= 15 is 0 Å². The first kappa shape index (κ1) is 40.6. The zero-order chi connectivity index (χ0) is 43.7. The fourth-order valence-corrected chi connectivity index (χ4v) is 8.56. The summed E-state index contributed by atoms with van der Waals surface area (Å²) >= 11 is 0. The number of aliphatic hydroxyl groups is 1. The van der Waals surface area contributed by atoms with Gasteiger partial charge in [-0.2, -0.15) is 10.2 Å². The maximum atomic E-state index is 14.0. The highest BCUT2D eigenvalue weighted by atomic mass is 19.3. The SMILES string of the molecule is Cn1nc2cc(N(CCC(O)(c3ccc(C(=O)N4CCC(F)(F)CC4)cc3)c3ccn4c(=O)n(C)nc4c3)c3ccc(C(=O)N4CCC(F)(F)CC4)c4[nH]ccc34)ccn2c1=O. The third kappa shape index (κ3) is 7.18. The number of rotatable bonds is 9. The van der Waals surface area contributed by atoms with Crippen molar-refractivity contribution in [2.45, 2.75) is 49.6 Å². The second-order valence-electron chi connectivity index (χ2n) is 16.1. The van der Waals surface area contributed by atoms with E-state index in [-0.39, 0.29) is 67.6 Å². The van der Waals surface area contributed by atoms with Crippen molar-refractivity contribution in [2.75, 3.05) is 37.6 Å². The fraction of sp³-hybridized carbons (Fsp3) is 0.349. The number of benzene rings is 2. The summed E-state index contributed by atoms with van der Waals surface area (Å²) in [6.07, 6.45) is 3.05. The number of aromatic amines is 1. The number of halogens is 4. The quantitative estimate of drug-likeness (QED) is 0.191. The maximum Gasteiger partial charge on any atom is 0.350 e. The molecule has 322 valence electrons. The van der Waals surface area contributed by atoms with E-state index in [1.165, 1.54) is 48.3 Å². The molecule has 2 aliphatic heterocycles. The number of amides is 2. The molecule has 9 rings (SSSR count). The monoisotopic (exact) mass is 854 g/mol. The van der Waals surface area contributed by atoms with E-state index in [4.69, 9.17) is 0 Å². The zero-order valence-electron chi connectivity index (χ0n) is 33.8. The van der Waals surface area contributed by atoms with Crippen LogP contribution in [0.4, 0.5) is 28.9 Å². The van der Waals surface area contributed by atoms with E-state index < -0.39 is 49.0 Å². The van der Waals surface area contributed by atoms with E-state index in [2.05, 4.69) is 15.2 Å². The first-order valence-electron chi connectivity index (χ1n) is 20.2. The molecule has 7 aromatic rings. The Morgan fingerprint density at radius 3 is 1.92 bits per heavy atom. The highest BCUT2D eigenvalue weighted by Gasteiger charge is 2.38. The van der Waals surface area contributed by atoms with Crippen LogP contribution in [-0.4, -0.2) is 105 Å². The normalized spacial score (nSPS) is 17.5. The predicted molar refractivity (Wildman–Crippen MR) is 220 cm³/mol. The van der Waals surface area contributed by atoms with Gasteiger partial charge in [0.1, 0.15) is 5.60 Å². The van der Waals surface area contributed by atoms with Crippen molar-refractivity contribution in [3.05, 3.63) is 129 Å². The Hall–Kier alpha value is -6.76. The minimum absolute atomic E-state index is 0.0243. The van der Waals surface area contributed by atoms with Gasteiger partial charge in [-0.05, 0) is 59.7 Å². The van der Waals surface area contributed by atoms with E-state index in [0.717, 1.165) is 0 Å². The molecule has 62 heavy (non-hydrogen) atoms. The van der Waals surface area contributed by atoms with Crippen LogP contribution in [0.2, 0.25) is 0 Å². The third-order valence-corrected chi connectivity index (χ3v) is 12.2. The van der Waals surface area contributed by atoms with Crippen molar-refractivity contribution >= 4 is 45.4 Å². The number of aryl methyl sites for hydroxylation is 2. The van der Waals surface area contributed by atoms with E-state index in [0.29, 0.717) is 44.6 Å². The number of pyridine rings is 2. The van der Waals surface area contributed by atoms with Gasteiger partial charge >= 0.3 is 11.4 Å². The smallest absolute Gasteiger partial charge is 0.350 e. The van der Waals surface area contributed by atoms with Gasteiger partial charge < -0.3 is 24.8 Å². The van der Waals surface area contributed by atoms with Crippen LogP contribution in [0, 0.1) is 0 Å². The highest BCUT2D eigenvalue weighted by Crippen LogP contribution is 2.40. The highest BCUT2D eigenvalue weighted by molar-refractivity contribution is 6.09. The number of nitrogens with zero attached hydrogens (tertiary/aromatic N) is 9. The Balaban J connectivity index is 1.12. The predicted octanol–water partition coefficient (Wildman–Crippen LogP) is 5.07. The van der Waals surface area contributed by atoms with Crippen LogP contribution in [0.15, 0.2) is 94.9 Å². The largest absolute Gasteiger partial charge is 0.380 e. The number of aromatic nitrogens is 7. The number of likely N-dealkylation sites (tertiary alicyclic amines) is 2. The number of carbonyl (C=O) groups excluding carboxylic acids is 2. The Bertz CT molecular complexity index is 2990. The molecule has 0 radical (unpaired) electrons. The molecule has 2 aromatic carbocycles. The third-order valence-electron chi connectivity index (χ3n) is 12.2. The van der Waals surface area contributed by atoms with Gasteiger partial charge in [0.05, 0.1) is 16.8 Å². The van der Waals surface area contributed by atoms with Crippen molar-refractivity contribution in [3.63, 3.8) is 0 Å². The van der Waals surface area contributed by atoms with E-state index in [1.807, 2.05) is 4.90 Å². The molecule has 0 aliphatic carbocycles. The van der Waals surface area contributed by atoms with Gasteiger partial charge in [0, 0.05) is 120 Å². The summed E-state index contributed by atoms with van der Waals surface area (Å²) in [7, 11) is 3.04. The molecule has 2 amide bonds. The first-order chi connectivity index (χ1) is 29.5. The second-order valence-corrected chi connectivity index (χ2v) is 16.1. The molecule has 1 atom stereocenters. The number of nitrogens with one attached hydrogen (secondary N) is 1. The molecule has 2 N–H and O–H groups in total. The van der Waals surface area contributed by atoms with Crippen LogP contribution < -0.4 is 16.3 Å². The van der Waals surface area contributed by atoms with Crippen LogP contribution >= 0.6 is 0 Å². The van der Waals surface area contributed by atoms with Gasteiger partial charge in [0.2, 0.25) is 0 Å². The molecule has 2 fully saturated rings. The average molecular weight is 855 g/mol. The van der Waals surface area contributed by atoms with Gasteiger partial charge in [-0.1, -0.05) is 12.1 Å². The minimum Gasteiger partial charge on any atom is -0.380 e. The Morgan fingerprint density at radius 1 is 0.742 bits per heavy atom. The number of fused-ring (bicyclic) bond motifs is 3. The summed E-state index contributed by atoms with van der Waals surface area (Å²) in [5.41, 5.74) is 1.04. The summed E-state index contributed by atoms with van der Waals surface area (Å²) in [5, 5.41) is 22.4. The van der Waals surface area contributed by atoms with Crippen molar-refractivity contribution in [2.24, 2.45) is 14.1 Å². The number of carbonyl (C=O) groups is 2. The number of alkyl halides is 4. The van der Waals surface area contributed by atoms with Gasteiger partial charge in [-0.3, -0.25) is 18.4 Å². The van der Waals surface area contributed by atoms with E-state index in [1.54, 1.807) is 79.1 Å². The lowest BCUT2D eigenvalue weighted by atomic mass is 9.83. The van der Waals surface area contributed by atoms with Crippen molar-refractivity contribution in [1.29, 1.82) is 0 Å². The molecule has 0 spiro atoms. The van der Waals surface area contributed by atoms with Crippen LogP contribution in [0.1, 0.15) is 63.9 Å². The summed E-state index contributed by atoms with van der Waals surface area (Å²) in [5.74, 6) is -6.45. The number of piperidine rings is 2. The molecule has 2 saturated heterocycles. The van der Waals surface area contributed by atoms with Gasteiger partial charge in [-0.25, -0.2) is 36.5 Å². The summed E-state index contributed by atoms with van der Waals surface area (Å²) in [4.78, 5) is 60.7. The lowest BCUT2D eigenvalue weighted by molar-refractivity contribution is -0.0503. The Morgan fingerprint density at radius 2 is 1.31 bits per heavy atom. The molecule has 7 heterocycles. The summed E-state index contributed by atoms with van der Waals surface area (Å²) in [6.45, 7) is -0.265. The lowest BCUT2D eigenvalue weighted by Crippen LogP contribution is -2.42. The fourth-order valence-electron chi connectivity index (χ4n) is 8.56. The van der Waals surface area contributed by atoms with Crippen molar-refractivity contribution in [3.8, 4) is 0 Å². The molecule has 0 saturated carbocycles. The standard InChI is InChI=1S/C43H42F4N10O5/c1-51-39(60)56-18-10-29(25-34(56)49-51)43(62,28-5-3-27(4-6-28)37(58)53-20-12-41(44,45)13-21-53)16-24-55(30-11-19-57-35(26-30)50-52(2)40(57)61)33-8-7-32(36-31(33)9-17-48-36)38(59)54-22-14-42(46,47)15-23-54/h3-11,17-19,25-26,48,62H,12-16,20-24H2,1-2H3. The maximum absolute atomic E-state index is 14.0. The van der Waals surface area contributed by atoms with Crippen LogP contribution in [0.25, 0.3) is 22.2 Å². The number of hydrogen-bond donors (Lipinski definition) is 2. The lowest BCUT2D eigenvalue weighted by Gasteiger charge is -2.34. The first-order valence-corrected chi connectivity index (χ1v) is 20.2. The van der Waals surface area contributed by atoms with Crippen molar-refractivity contribution in [1.82, 2.24) is 43.1 Å². The zero-order valence-corrected chi connectivity index (χ0v) is 33.8. The number of anilines is 2. The van der Waals surface area contributed by atoms with Crippen LogP contribution in [0.5, 0.6) is 0 Å². The molecule has 0 bridgehead atoms. The van der Waals surface area contributed by atoms with Gasteiger partial charge in [0.15, 0.2) is 11.3 Å². The molecule has 1 unspecified atom stereocenters. The summed E-state index contributed by atoms with van der Waals surface area (Å²) in [6, 6.07) is 18.2.